The van der Waals surface area contributed by atoms with Crippen molar-refractivity contribution in [2.45, 2.75) is 19.9 Å². The fourth-order valence-electron chi connectivity index (χ4n) is 3.12. The van der Waals surface area contributed by atoms with E-state index < -0.39 is 12.0 Å². The van der Waals surface area contributed by atoms with E-state index in [4.69, 9.17) is 14.5 Å². The molecule has 0 unspecified atom stereocenters. The van der Waals surface area contributed by atoms with Gasteiger partial charge in [0.2, 0.25) is 0 Å². The zero-order valence-corrected chi connectivity index (χ0v) is 16.9. The number of pyridine rings is 1. The SMILES string of the molecule is COC(=O)[C@H](NC(=O)c1cc(-c2ccc(OC)cc2)nc2ccccc12)C(C)C. The Morgan fingerprint density at radius 2 is 1.69 bits per heavy atom. The van der Waals surface area contributed by atoms with Gasteiger partial charge in [-0.15, -0.1) is 0 Å². The van der Waals surface area contributed by atoms with E-state index in [-0.39, 0.29) is 11.8 Å². The van der Waals surface area contributed by atoms with Gasteiger partial charge < -0.3 is 14.8 Å². The molecule has 0 bridgehead atoms. The van der Waals surface area contributed by atoms with E-state index in [0.717, 1.165) is 16.7 Å². The first-order valence-corrected chi connectivity index (χ1v) is 9.37. The van der Waals surface area contributed by atoms with Crippen LogP contribution in [0.5, 0.6) is 5.75 Å². The summed E-state index contributed by atoms with van der Waals surface area (Å²) in [5.74, 6) is -0.185. The molecule has 1 aromatic heterocycles. The number of nitrogens with one attached hydrogen (secondary N) is 1. The number of carbonyl (C=O) groups is 2. The topological polar surface area (TPSA) is 77.5 Å². The minimum Gasteiger partial charge on any atom is -0.497 e. The van der Waals surface area contributed by atoms with Crippen LogP contribution in [0.3, 0.4) is 0 Å². The molecule has 6 nitrogen and oxygen atoms in total. The molecule has 0 saturated carbocycles. The molecule has 1 amide bonds. The summed E-state index contributed by atoms with van der Waals surface area (Å²) in [6.45, 7) is 3.71. The number of aromatic nitrogens is 1. The van der Waals surface area contributed by atoms with Crippen LogP contribution in [0.2, 0.25) is 0 Å². The van der Waals surface area contributed by atoms with Gasteiger partial charge in [0, 0.05) is 10.9 Å². The van der Waals surface area contributed by atoms with Crippen LogP contribution >= 0.6 is 0 Å². The van der Waals surface area contributed by atoms with Crippen LogP contribution in [-0.2, 0) is 9.53 Å². The highest BCUT2D eigenvalue weighted by Gasteiger charge is 2.26. The van der Waals surface area contributed by atoms with E-state index >= 15 is 0 Å². The van der Waals surface area contributed by atoms with Crippen LogP contribution < -0.4 is 10.1 Å². The molecule has 0 aliphatic carbocycles. The Balaban J connectivity index is 2.05. The Morgan fingerprint density at radius 1 is 1.00 bits per heavy atom. The molecule has 29 heavy (non-hydrogen) atoms. The number of nitrogens with zero attached hydrogens (tertiary/aromatic N) is 1. The van der Waals surface area contributed by atoms with Crippen molar-refractivity contribution in [3.05, 3.63) is 60.2 Å². The van der Waals surface area contributed by atoms with Gasteiger partial charge >= 0.3 is 5.97 Å². The zero-order valence-electron chi connectivity index (χ0n) is 16.9. The van der Waals surface area contributed by atoms with E-state index in [1.165, 1.54) is 7.11 Å². The highest BCUT2D eigenvalue weighted by molar-refractivity contribution is 6.08. The van der Waals surface area contributed by atoms with Crippen molar-refractivity contribution in [3.8, 4) is 17.0 Å². The lowest BCUT2D eigenvalue weighted by molar-refractivity contribution is -0.144. The van der Waals surface area contributed by atoms with Crippen molar-refractivity contribution in [3.63, 3.8) is 0 Å². The maximum atomic E-state index is 13.1. The maximum Gasteiger partial charge on any atom is 0.328 e. The first-order valence-electron chi connectivity index (χ1n) is 9.37. The normalized spacial score (nSPS) is 11.9. The van der Waals surface area contributed by atoms with Gasteiger partial charge in [0.25, 0.3) is 5.91 Å². The van der Waals surface area contributed by atoms with Gasteiger partial charge in [-0.3, -0.25) is 4.79 Å². The summed E-state index contributed by atoms with van der Waals surface area (Å²) in [5, 5.41) is 3.53. The predicted molar refractivity (Wildman–Crippen MR) is 112 cm³/mol. The Labute approximate surface area is 169 Å². The Bertz CT molecular complexity index is 1030. The molecule has 0 aliphatic rings. The van der Waals surface area contributed by atoms with Crippen molar-refractivity contribution < 1.29 is 19.1 Å². The van der Waals surface area contributed by atoms with Crippen molar-refractivity contribution in [2.24, 2.45) is 5.92 Å². The maximum absolute atomic E-state index is 13.1. The van der Waals surface area contributed by atoms with Crippen molar-refractivity contribution >= 4 is 22.8 Å². The number of fused-ring (bicyclic) bond motifs is 1. The lowest BCUT2D eigenvalue weighted by Crippen LogP contribution is -2.45. The number of hydrogen-bond acceptors (Lipinski definition) is 5. The lowest BCUT2D eigenvalue weighted by atomic mass is 10.0. The standard InChI is InChI=1S/C23H24N2O4/c1-14(2)21(23(27)29-4)25-22(26)18-13-20(15-9-11-16(28-3)12-10-15)24-19-8-6-5-7-17(18)19/h5-14,21H,1-4H3,(H,25,26)/t21-/m1/s1. The van der Waals surface area contributed by atoms with Gasteiger partial charge in [0.1, 0.15) is 11.8 Å². The summed E-state index contributed by atoms with van der Waals surface area (Å²) in [7, 11) is 2.92. The number of amides is 1. The van der Waals surface area contributed by atoms with E-state index in [2.05, 4.69) is 5.32 Å². The number of benzene rings is 2. The number of methoxy groups -OCH3 is 2. The van der Waals surface area contributed by atoms with Crippen molar-refractivity contribution in [1.29, 1.82) is 0 Å². The van der Waals surface area contributed by atoms with E-state index in [9.17, 15) is 9.59 Å². The van der Waals surface area contributed by atoms with Crippen molar-refractivity contribution in [1.82, 2.24) is 10.3 Å². The first kappa shape index (κ1) is 20.3. The number of esters is 1. The number of ether oxygens (including phenoxy) is 2. The Hall–Kier alpha value is -3.41. The molecular formula is C23H24N2O4. The molecule has 0 fully saturated rings. The molecule has 2 aromatic carbocycles. The monoisotopic (exact) mass is 392 g/mol. The summed E-state index contributed by atoms with van der Waals surface area (Å²) in [4.78, 5) is 29.9. The van der Waals surface area contributed by atoms with Crippen LogP contribution in [0, 0.1) is 5.92 Å². The Kier molecular flexibility index (Phi) is 6.12. The quantitative estimate of drug-likeness (QED) is 0.645. The number of hydrogen-bond donors (Lipinski definition) is 1. The van der Waals surface area contributed by atoms with Crippen LogP contribution in [0.15, 0.2) is 54.6 Å². The third-order valence-corrected chi connectivity index (χ3v) is 4.75. The number of carbonyl (C=O) groups excluding carboxylic acids is 2. The summed E-state index contributed by atoms with van der Waals surface area (Å²) in [5.41, 5.74) is 2.68. The summed E-state index contributed by atoms with van der Waals surface area (Å²) in [6.07, 6.45) is 0. The van der Waals surface area contributed by atoms with Gasteiger partial charge in [-0.2, -0.15) is 0 Å². The second-order valence-corrected chi connectivity index (χ2v) is 7.02. The third kappa shape index (κ3) is 4.37. The smallest absolute Gasteiger partial charge is 0.328 e. The van der Waals surface area contributed by atoms with Crippen LogP contribution in [-0.4, -0.2) is 37.1 Å². The van der Waals surface area contributed by atoms with Crippen molar-refractivity contribution in [2.75, 3.05) is 14.2 Å². The lowest BCUT2D eigenvalue weighted by Gasteiger charge is -2.20. The van der Waals surface area contributed by atoms with Gasteiger partial charge in [-0.1, -0.05) is 32.0 Å². The number of rotatable bonds is 6. The van der Waals surface area contributed by atoms with Gasteiger partial charge in [-0.25, -0.2) is 9.78 Å². The average molecular weight is 392 g/mol. The highest BCUT2D eigenvalue weighted by Crippen LogP contribution is 2.26. The second-order valence-electron chi connectivity index (χ2n) is 7.02. The Morgan fingerprint density at radius 3 is 2.31 bits per heavy atom. The third-order valence-electron chi connectivity index (χ3n) is 4.75. The largest absolute Gasteiger partial charge is 0.497 e. The van der Waals surface area contributed by atoms with E-state index in [0.29, 0.717) is 16.8 Å². The summed E-state index contributed by atoms with van der Waals surface area (Å²) in [6, 6.07) is 15.9. The van der Waals surface area contributed by atoms with E-state index in [1.807, 2.05) is 62.4 Å². The van der Waals surface area contributed by atoms with Crippen LogP contribution in [0.25, 0.3) is 22.2 Å². The van der Waals surface area contributed by atoms with Crippen LogP contribution in [0.1, 0.15) is 24.2 Å². The summed E-state index contributed by atoms with van der Waals surface area (Å²) >= 11 is 0. The molecule has 3 rings (SSSR count). The number of para-hydroxylation sites is 1. The summed E-state index contributed by atoms with van der Waals surface area (Å²) < 4.78 is 10.0. The molecule has 6 heteroatoms. The second kappa shape index (κ2) is 8.73. The fraction of sp³-hybridized carbons (Fsp3) is 0.261. The molecule has 0 spiro atoms. The highest BCUT2D eigenvalue weighted by atomic mass is 16.5. The fourth-order valence-corrected chi connectivity index (χ4v) is 3.12. The molecule has 150 valence electrons. The van der Waals surface area contributed by atoms with Gasteiger partial charge in [0.15, 0.2) is 0 Å². The molecule has 0 radical (unpaired) electrons. The van der Waals surface area contributed by atoms with E-state index in [1.54, 1.807) is 13.2 Å². The van der Waals surface area contributed by atoms with Gasteiger partial charge in [-0.05, 0) is 42.3 Å². The first-order chi connectivity index (χ1) is 13.9. The predicted octanol–water partition coefficient (Wildman–Crippen LogP) is 3.84. The molecule has 0 saturated heterocycles. The molecule has 1 atom stereocenters. The average Bonchev–Trinajstić information content (AvgIpc) is 2.75. The molecular weight excluding hydrogens is 368 g/mol. The zero-order chi connectivity index (χ0) is 21.0. The molecule has 3 aromatic rings. The molecule has 0 aliphatic heterocycles. The van der Waals surface area contributed by atoms with Gasteiger partial charge in [0.05, 0.1) is 31.0 Å². The minimum atomic E-state index is -0.733. The van der Waals surface area contributed by atoms with Crippen LogP contribution in [0.4, 0.5) is 0 Å². The molecule has 1 N–H and O–H groups in total. The minimum absolute atomic E-state index is 0.111. The molecule has 1 heterocycles.